The van der Waals surface area contributed by atoms with Gasteiger partial charge in [-0.25, -0.2) is 4.39 Å². The molecular weight excluding hydrogens is 207 g/mol. The zero-order chi connectivity index (χ0) is 12.0. The number of nitrogens with one attached hydrogen (secondary N) is 1. The van der Waals surface area contributed by atoms with Gasteiger partial charge in [-0.15, -0.1) is 0 Å². The predicted molar refractivity (Wildman–Crippen MR) is 61.4 cm³/mol. The van der Waals surface area contributed by atoms with Crippen LogP contribution < -0.4 is 11.1 Å². The fourth-order valence-corrected chi connectivity index (χ4v) is 1.30. The number of rotatable bonds is 5. The maximum absolute atomic E-state index is 12.6. The van der Waals surface area contributed by atoms with E-state index < -0.39 is 6.04 Å². The largest absolute Gasteiger partial charge is 0.354 e. The van der Waals surface area contributed by atoms with Gasteiger partial charge in [0.05, 0.1) is 6.04 Å². The molecule has 0 spiro atoms. The van der Waals surface area contributed by atoms with Gasteiger partial charge in [-0.2, -0.15) is 0 Å². The molecule has 0 radical (unpaired) electrons. The van der Waals surface area contributed by atoms with Crippen molar-refractivity contribution in [3.05, 3.63) is 35.6 Å². The van der Waals surface area contributed by atoms with E-state index >= 15 is 0 Å². The third-order valence-corrected chi connectivity index (χ3v) is 2.40. The SMILES string of the molecule is CC[C@H](N)C(=O)NCCc1ccc(F)cc1. The Morgan fingerprint density at radius 2 is 2.06 bits per heavy atom. The number of nitrogens with two attached hydrogens (primary N) is 1. The minimum absolute atomic E-state index is 0.135. The number of carbonyl (C=O) groups is 1. The van der Waals surface area contributed by atoms with E-state index in [1.165, 1.54) is 12.1 Å². The first-order chi connectivity index (χ1) is 7.63. The average Bonchev–Trinajstić information content (AvgIpc) is 2.30. The van der Waals surface area contributed by atoms with Crippen LogP contribution in [0.15, 0.2) is 24.3 Å². The molecule has 3 nitrogen and oxygen atoms in total. The molecule has 0 saturated carbocycles. The Bertz CT molecular complexity index is 337. The number of hydrogen-bond donors (Lipinski definition) is 2. The highest BCUT2D eigenvalue weighted by molar-refractivity contribution is 5.81. The first-order valence-corrected chi connectivity index (χ1v) is 5.41. The van der Waals surface area contributed by atoms with Gasteiger partial charge in [0, 0.05) is 6.54 Å². The van der Waals surface area contributed by atoms with Crippen LogP contribution >= 0.6 is 0 Å². The van der Waals surface area contributed by atoms with Crippen LogP contribution in [0.1, 0.15) is 18.9 Å². The smallest absolute Gasteiger partial charge is 0.236 e. The van der Waals surface area contributed by atoms with Gasteiger partial charge in [-0.1, -0.05) is 19.1 Å². The fourth-order valence-electron chi connectivity index (χ4n) is 1.30. The minimum Gasteiger partial charge on any atom is -0.354 e. The summed E-state index contributed by atoms with van der Waals surface area (Å²) in [5, 5.41) is 2.74. The highest BCUT2D eigenvalue weighted by Gasteiger charge is 2.09. The molecule has 16 heavy (non-hydrogen) atoms. The molecule has 0 fully saturated rings. The van der Waals surface area contributed by atoms with E-state index in [0.717, 1.165) is 5.56 Å². The zero-order valence-electron chi connectivity index (χ0n) is 9.37. The first kappa shape index (κ1) is 12.6. The molecule has 88 valence electrons. The van der Waals surface area contributed by atoms with E-state index in [1.807, 2.05) is 6.92 Å². The van der Waals surface area contributed by atoms with Crippen molar-refractivity contribution in [3.8, 4) is 0 Å². The van der Waals surface area contributed by atoms with Crippen molar-refractivity contribution in [2.75, 3.05) is 6.54 Å². The molecule has 0 aliphatic heterocycles. The van der Waals surface area contributed by atoms with Crippen LogP contribution in [-0.2, 0) is 11.2 Å². The van der Waals surface area contributed by atoms with Gasteiger partial charge in [0.15, 0.2) is 0 Å². The molecule has 0 unspecified atom stereocenters. The summed E-state index contributed by atoms with van der Waals surface area (Å²) in [6.45, 7) is 2.39. The van der Waals surface area contributed by atoms with Crippen LogP contribution in [0.5, 0.6) is 0 Å². The Labute approximate surface area is 94.8 Å². The van der Waals surface area contributed by atoms with Crippen molar-refractivity contribution >= 4 is 5.91 Å². The maximum Gasteiger partial charge on any atom is 0.236 e. The Kier molecular flexibility index (Phi) is 4.92. The van der Waals surface area contributed by atoms with Crippen LogP contribution in [0.4, 0.5) is 4.39 Å². The number of hydrogen-bond acceptors (Lipinski definition) is 2. The predicted octanol–water partition coefficient (Wildman–Crippen LogP) is 1.22. The van der Waals surface area contributed by atoms with E-state index in [1.54, 1.807) is 12.1 Å². The number of amides is 1. The van der Waals surface area contributed by atoms with Crippen LogP contribution in [0.2, 0.25) is 0 Å². The van der Waals surface area contributed by atoms with Crippen LogP contribution in [0.3, 0.4) is 0 Å². The lowest BCUT2D eigenvalue weighted by Crippen LogP contribution is -2.40. The second kappa shape index (κ2) is 6.23. The van der Waals surface area contributed by atoms with E-state index in [0.29, 0.717) is 19.4 Å². The monoisotopic (exact) mass is 224 g/mol. The summed E-state index contributed by atoms with van der Waals surface area (Å²) in [5.41, 5.74) is 6.55. The highest BCUT2D eigenvalue weighted by atomic mass is 19.1. The molecule has 0 heterocycles. The summed E-state index contributed by atoms with van der Waals surface area (Å²) in [4.78, 5) is 11.3. The Morgan fingerprint density at radius 3 is 2.62 bits per heavy atom. The molecule has 0 bridgehead atoms. The highest BCUT2D eigenvalue weighted by Crippen LogP contribution is 2.02. The van der Waals surface area contributed by atoms with Crippen molar-refractivity contribution < 1.29 is 9.18 Å². The van der Waals surface area contributed by atoms with Crippen molar-refractivity contribution in [2.45, 2.75) is 25.8 Å². The average molecular weight is 224 g/mol. The second-order valence-corrected chi connectivity index (χ2v) is 3.68. The van der Waals surface area contributed by atoms with Crippen molar-refractivity contribution in [1.82, 2.24) is 5.32 Å². The molecule has 1 atom stereocenters. The van der Waals surface area contributed by atoms with Crippen LogP contribution in [0, 0.1) is 5.82 Å². The van der Waals surface area contributed by atoms with Gasteiger partial charge < -0.3 is 11.1 Å². The molecule has 0 aliphatic rings. The summed E-state index contributed by atoms with van der Waals surface area (Å²) >= 11 is 0. The fraction of sp³-hybridized carbons (Fsp3) is 0.417. The normalized spacial score (nSPS) is 12.2. The molecule has 0 saturated heterocycles. The van der Waals surface area contributed by atoms with Crippen LogP contribution in [0.25, 0.3) is 0 Å². The molecule has 1 amide bonds. The third-order valence-electron chi connectivity index (χ3n) is 2.40. The van der Waals surface area contributed by atoms with Gasteiger partial charge in [0.25, 0.3) is 0 Å². The summed E-state index contributed by atoms with van der Waals surface area (Å²) in [5.74, 6) is -0.384. The van der Waals surface area contributed by atoms with E-state index in [2.05, 4.69) is 5.32 Å². The van der Waals surface area contributed by atoms with Gasteiger partial charge in [0.1, 0.15) is 5.82 Å². The number of benzene rings is 1. The first-order valence-electron chi connectivity index (χ1n) is 5.41. The lowest BCUT2D eigenvalue weighted by molar-refractivity contribution is -0.122. The van der Waals surface area contributed by atoms with Gasteiger partial charge in [0.2, 0.25) is 5.91 Å². The van der Waals surface area contributed by atoms with E-state index in [-0.39, 0.29) is 11.7 Å². The standard InChI is InChI=1S/C12H17FN2O/c1-2-11(14)12(16)15-8-7-9-3-5-10(13)6-4-9/h3-6,11H,2,7-8,14H2,1H3,(H,15,16)/t11-/m0/s1. The lowest BCUT2D eigenvalue weighted by atomic mass is 10.1. The molecule has 1 rings (SSSR count). The van der Waals surface area contributed by atoms with Gasteiger partial charge >= 0.3 is 0 Å². The lowest BCUT2D eigenvalue weighted by Gasteiger charge is -2.09. The van der Waals surface area contributed by atoms with Crippen molar-refractivity contribution in [3.63, 3.8) is 0 Å². The Hall–Kier alpha value is -1.42. The van der Waals surface area contributed by atoms with Gasteiger partial charge in [-0.3, -0.25) is 4.79 Å². The van der Waals surface area contributed by atoms with Gasteiger partial charge in [-0.05, 0) is 30.5 Å². The van der Waals surface area contributed by atoms with Crippen molar-refractivity contribution in [1.29, 1.82) is 0 Å². The van der Waals surface area contributed by atoms with E-state index in [9.17, 15) is 9.18 Å². The zero-order valence-corrected chi connectivity index (χ0v) is 9.37. The number of halogens is 1. The molecule has 1 aromatic rings. The third kappa shape index (κ3) is 3.98. The molecule has 4 heteroatoms. The Morgan fingerprint density at radius 1 is 1.44 bits per heavy atom. The molecule has 1 aromatic carbocycles. The minimum atomic E-state index is -0.437. The van der Waals surface area contributed by atoms with E-state index in [4.69, 9.17) is 5.73 Å². The quantitative estimate of drug-likeness (QED) is 0.790. The summed E-state index contributed by atoms with van der Waals surface area (Å²) in [6, 6.07) is 5.81. The van der Waals surface area contributed by atoms with Crippen molar-refractivity contribution in [2.24, 2.45) is 5.73 Å². The molecular formula is C12H17FN2O. The summed E-state index contributed by atoms with van der Waals surface area (Å²) in [7, 11) is 0. The summed E-state index contributed by atoms with van der Waals surface area (Å²) < 4.78 is 12.6. The molecule has 0 aromatic heterocycles. The Balaban J connectivity index is 2.30. The topological polar surface area (TPSA) is 55.1 Å². The maximum atomic E-state index is 12.6. The van der Waals surface area contributed by atoms with Crippen LogP contribution in [-0.4, -0.2) is 18.5 Å². The summed E-state index contributed by atoms with van der Waals surface area (Å²) in [6.07, 6.45) is 1.31. The molecule has 0 aliphatic carbocycles. The number of carbonyl (C=O) groups excluding carboxylic acids is 1. The second-order valence-electron chi connectivity index (χ2n) is 3.68. The molecule has 3 N–H and O–H groups in total.